The second-order valence-electron chi connectivity index (χ2n) is 8.45. The van der Waals surface area contributed by atoms with Gasteiger partial charge in [-0.05, 0) is 92.1 Å². The number of pyridine rings is 1. The van der Waals surface area contributed by atoms with Crippen LogP contribution in [0.1, 0.15) is 49.9 Å². The Morgan fingerprint density at radius 1 is 1.07 bits per heavy atom. The van der Waals surface area contributed by atoms with E-state index < -0.39 is 0 Å². The number of nitrogens with one attached hydrogen (secondary N) is 1. The van der Waals surface area contributed by atoms with Gasteiger partial charge in [0.25, 0.3) is 0 Å². The molecule has 0 radical (unpaired) electrons. The van der Waals surface area contributed by atoms with Crippen LogP contribution in [0, 0.1) is 0 Å². The van der Waals surface area contributed by atoms with Crippen molar-refractivity contribution in [3.8, 4) is 11.1 Å². The molecule has 2 N–H and O–H groups in total. The van der Waals surface area contributed by atoms with E-state index in [-0.39, 0.29) is 6.61 Å². The smallest absolute Gasteiger partial charge is 0.0664 e. The van der Waals surface area contributed by atoms with Crippen LogP contribution in [-0.4, -0.2) is 39.2 Å². The zero-order chi connectivity index (χ0) is 19.6. The summed E-state index contributed by atoms with van der Waals surface area (Å²) in [5.74, 6) is 0. The molecule has 4 heteroatoms. The Kier molecular flexibility index (Phi) is 5.21. The van der Waals surface area contributed by atoms with E-state index in [9.17, 15) is 5.11 Å². The van der Waals surface area contributed by atoms with Crippen LogP contribution in [0.4, 0.5) is 0 Å². The molecule has 3 heterocycles. The third-order valence-electron chi connectivity index (χ3n) is 6.47. The SMILES string of the molecule is OCC1CCCN1Cc1cc2cc(-c3ccnc(C4=CCCCC4)c3)ccc2[nH]1. The molecule has 150 valence electrons. The molecule has 4 nitrogen and oxygen atoms in total. The van der Waals surface area contributed by atoms with Crippen molar-refractivity contribution in [1.29, 1.82) is 0 Å². The maximum atomic E-state index is 9.57. The topological polar surface area (TPSA) is 52.1 Å². The molecule has 0 spiro atoms. The molecule has 29 heavy (non-hydrogen) atoms. The maximum absolute atomic E-state index is 9.57. The van der Waals surface area contributed by atoms with Crippen LogP contribution in [0.15, 0.2) is 48.7 Å². The molecule has 2 aromatic heterocycles. The molecule has 0 bridgehead atoms. The molecule has 0 amide bonds. The number of fused-ring (bicyclic) bond motifs is 1. The van der Waals surface area contributed by atoms with E-state index in [0.717, 1.165) is 31.6 Å². The standard InChI is InChI=1S/C25H29N3O/c29-17-23-7-4-12-28(23)16-22-14-21-13-19(8-9-24(21)27-22)20-10-11-26-25(15-20)18-5-2-1-3-6-18/h5,8-11,13-15,23,27,29H,1-4,6-7,12,16-17H2. The number of benzene rings is 1. The first kappa shape index (κ1) is 18.6. The average Bonchev–Trinajstić information content (AvgIpc) is 3.40. The van der Waals surface area contributed by atoms with Crippen LogP contribution in [0.25, 0.3) is 27.6 Å². The van der Waals surface area contributed by atoms with E-state index in [4.69, 9.17) is 0 Å². The van der Waals surface area contributed by atoms with Crippen LogP contribution < -0.4 is 0 Å². The first-order chi connectivity index (χ1) is 14.3. The van der Waals surface area contributed by atoms with Gasteiger partial charge in [0.1, 0.15) is 0 Å². The molecule has 3 aromatic rings. The number of aromatic nitrogens is 2. The highest BCUT2D eigenvalue weighted by atomic mass is 16.3. The highest BCUT2D eigenvalue weighted by Crippen LogP contribution is 2.30. The van der Waals surface area contributed by atoms with Gasteiger partial charge in [0.15, 0.2) is 0 Å². The van der Waals surface area contributed by atoms with Crippen LogP contribution in [0.5, 0.6) is 0 Å². The third-order valence-corrected chi connectivity index (χ3v) is 6.47. The zero-order valence-corrected chi connectivity index (χ0v) is 16.9. The van der Waals surface area contributed by atoms with Crippen molar-refractivity contribution in [2.75, 3.05) is 13.2 Å². The number of allylic oxidation sites excluding steroid dienone is 2. The monoisotopic (exact) mass is 387 g/mol. The lowest BCUT2D eigenvalue weighted by Crippen LogP contribution is -2.31. The molecule has 1 atom stereocenters. The van der Waals surface area contributed by atoms with Crippen LogP contribution in [-0.2, 0) is 6.54 Å². The summed E-state index contributed by atoms with van der Waals surface area (Å²) < 4.78 is 0. The van der Waals surface area contributed by atoms with Crippen molar-refractivity contribution in [2.45, 2.75) is 51.1 Å². The Morgan fingerprint density at radius 2 is 2.00 bits per heavy atom. The molecule has 2 aliphatic rings. The largest absolute Gasteiger partial charge is 0.395 e. The third kappa shape index (κ3) is 3.87. The van der Waals surface area contributed by atoms with E-state index in [1.165, 1.54) is 59.0 Å². The number of hydrogen-bond donors (Lipinski definition) is 2. The molecule has 0 saturated carbocycles. The molecular weight excluding hydrogens is 358 g/mol. The number of H-pyrrole nitrogens is 1. The molecule has 1 saturated heterocycles. The summed E-state index contributed by atoms with van der Waals surface area (Å²) in [5.41, 5.74) is 7.38. The Labute approximate surface area is 172 Å². The van der Waals surface area contributed by atoms with Crippen molar-refractivity contribution in [3.63, 3.8) is 0 Å². The van der Waals surface area contributed by atoms with Gasteiger partial charge in [0, 0.05) is 35.4 Å². The lowest BCUT2D eigenvalue weighted by Gasteiger charge is -2.21. The maximum Gasteiger partial charge on any atom is 0.0664 e. The number of hydrogen-bond acceptors (Lipinski definition) is 3. The fourth-order valence-electron chi connectivity index (χ4n) is 4.84. The first-order valence-corrected chi connectivity index (χ1v) is 10.9. The fourth-order valence-corrected chi connectivity index (χ4v) is 4.84. The summed E-state index contributed by atoms with van der Waals surface area (Å²) in [6, 6.07) is 13.6. The summed E-state index contributed by atoms with van der Waals surface area (Å²) in [7, 11) is 0. The van der Waals surface area contributed by atoms with Crippen LogP contribution >= 0.6 is 0 Å². The van der Waals surface area contributed by atoms with Crippen molar-refractivity contribution in [1.82, 2.24) is 14.9 Å². The van der Waals surface area contributed by atoms with Gasteiger partial charge in [-0.15, -0.1) is 0 Å². The molecule has 1 fully saturated rings. The number of aliphatic hydroxyl groups excluding tert-OH is 1. The minimum absolute atomic E-state index is 0.255. The van der Waals surface area contributed by atoms with Crippen LogP contribution in [0.2, 0.25) is 0 Å². The number of rotatable bonds is 5. The van der Waals surface area contributed by atoms with Crippen molar-refractivity contribution in [3.05, 3.63) is 60.1 Å². The highest BCUT2D eigenvalue weighted by molar-refractivity contribution is 5.86. The van der Waals surface area contributed by atoms with Gasteiger partial charge < -0.3 is 10.1 Å². The summed E-state index contributed by atoms with van der Waals surface area (Å²) in [6.07, 6.45) is 11.5. The second kappa shape index (κ2) is 8.13. The Balaban J connectivity index is 1.41. The summed E-state index contributed by atoms with van der Waals surface area (Å²) in [5, 5.41) is 10.8. The molecular formula is C25H29N3O. The van der Waals surface area contributed by atoms with E-state index in [1.807, 2.05) is 6.20 Å². The van der Waals surface area contributed by atoms with Gasteiger partial charge in [-0.1, -0.05) is 12.1 Å². The van der Waals surface area contributed by atoms with E-state index >= 15 is 0 Å². The van der Waals surface area contributed by atoms with Gasteiger partial charge in [0.05, 0.1) is 12.3 Å². The van der Waals surface area contributed by atoms with Crippen molar-refractivity contribution in [2.24, 2.45) is 0 Å². The first-order valence-electron chi connectivity index (χ1n) is 10.9. The van der Waals surface area contributed by atoms with Gasteiger partial charge in [-0.25, -0.2) is 0 Å². The molecule has 1 aliphatic carbocycles. The van der Waals surface area contributed by atoms with E-state index in [2.05, 4.69) is 57.3 Å². The van der Waals surface area contributed by atoms with Crippen molar-refractivity contribution < 1.29 is 5.11 Å². The van der Waals surface area contributed by atoms with Gasteiger partial charge in [0.2, 0.25) is 0 Å². The Bertz CT molecular complexity index is 1040. The lowest BCUT2D eigenvalue weighted by molar-refractivity contribution is 0.152. The quantitative estimate of drug-likeness (QED) is 0.637. The number of aliphatic hydroxyl groups is 1. The fraction of sp³-hybridized carbons (Fsp3) is 0.400. The van der Waals surface area contributed by atoms with Gasteiger partial charge >= 0.3 is 0 Å². The average molecular weight is 388 g/mol. The minimum atomic E-state index is 0.255. The Hall–Kier alpha value is -2.43. The predicted molar refractivity (Wildman–Crippen MR) is 118 cm³/mol. The number of aromatic amines is 1. The Morgan fingerprint density at radius 3 is 2.86 bits per heavy atom. The number of nitrogens with zero attached hydrogens (tertiary/aromatic N) is 2. The second-order valence-corrected chi connectivity index (χ2v) is 8.45. The lowest BCUT2D eigenvalue weighted by atomic mass is 9.95. The van der Waals surface area contributed by atoms with Crippen molar-refractivity contribution >= 4 is 16.5 Å². The zero-order valence-electron chi connectivity index (χ0n) is 16.9. The molecule has 1 aliphatic heterocycles. The summed E-state index contributed by atoms with van der Waals surface area (Å²) >= 11 is 0. The summed E-state index contributed by atoms with van der Waals surface area (Å²) in [6.45, 7) is 2.20. The predicted octanol–water partition coefficient (Wildman–Crippen LogP) is 5.14. The minimum Gasteiger partial charge on any atom is -0.395 e. The molecule has 1 aromatic carbocycles. The van der Waals surface area contributed by atoms with Gasteiger partial charge in [-0.3, -0.25) is 9.88 Å². The number of likely N-dealkylation sites (tertiary alicyclic amines) is 1. The summed E-state index contributed by atoms with van der Waals surface area (Å²) in [4.78, 5) is 10.6. The molecule has 1 unspecified atom stereocenters. The van der Waals surface area contributed by atoms with E-state index in [1.54, 1.807) is 0 Å². The van der Waals surface area contributed by atoms with Crippen LogP contribution in [0.3, 0.4) is 0 Å². The highest BCUT2D eigenvalue weighted by Gasteiger charge is 2.24. The molecule has 5 rings (SSSR count). The normalized spacial score (nSPS) is 20.3. The van der Waals surface area contributed by atoms with Gasteiger partial charge in [-0.2, -0.15) is 0 Å². The van der Waals surface area contributed by atoms with E-state index in [0.29, 0.717) is 6.04 Å².